The maximum absolute atomic E-state index is 12.9. The summed E-state index contributed by atoms with van der Waals surface area (Å²) in [5, 5.41) is 0. The highest BCUT2D eigenvalue weighted by Gasteiger charge is 2.31. The van der Waals surface area contributed by atoms with Gasteiger partial charge in [-0.05, 0) is 62.8 Å². The summed E-state index contributed by atoms with van der Waals surface area (Å²) in [5.41, 5.74) is 8.50. The first-order chi connectivity index (χ1) is 12.1. The highest BCUT2D eigenvalue weighted by atomic mass is 16.5. The molecule has 2 aliphatic rings. The Bertz CT molecular complexity index is 617. The normalized spacial score (nSPS) is 23.1. The molecule has 1 aromatic rings. The zero-order valence-corrected chi connectivity index (χ0v) is 15.4. The van der Waals surface area contributed by atoms with Crippen LogP contribution in [0.5, 0.6) is 11.5 Å². The summed E-state index contributed by atoms with van der Waals surface area (Å²) in [4.78, 5) is 14.9. The minimum absolute atomic E-state index is 0.0966. The van der Waals surface area contributed by atoms with Crippen LogP contribution in [0.3, 0.4) is 0 Å². The molecule has 1 amide bonds. The molecule has 2 atom stereocenters. The molecule has 2 unspecified atom stereocenters. The molecule has 1 saturated carbocycles. The predicted molar refractivity (Wildman–Crippen MR) is 97.8 cm³/mol. The standard InChI is InChI=1S/C20H30N2O3/c1-3-24-18-11-14-8-9-22(13-16(14)12-19(18)25-4-2)20(23)15-6-5-7-17(21)10-15/h11-12,15,17H,3-10,13,21H2,1-2H3. The number of nitrogens with two attached hydrogens (primary N) is 1. The molecule has 5 heteroatoms. The van der Waals surface area contributed by atoms with E-state index in [9.17, 15) is 4.79 Å². The van der Waals surface area contributed by atoms with E-state index in [0.29, 0.717) is 19.8 Å². The number of fused-ring (bicyclic) bond motifs is 1. The summed E-state index contributed by atoms with van der Waals surface area (Å²) in [7, 11) is 0. The van der Waals surface area contributed by atoms with E-state index in [1.54, 1.807) is 0 Å². The molecule has 1 heterocycles. The van der Waals surface area contributed by atoms with Crippen LogP contribution >= 0.6 is 0 Å². The number of hydrogen-bond acceptors (Lipinski definition) is 4. The maximum Gasteiger partial charge on any atom is 0.226 e. The lowest BCUT2D eigenvalue weighted by atomic mass is 9.84. The fourth-order valence-electron chi connectivity index (χ4n) is 4.00. The van der Waals surface area contributed by atoms with E-state index < -0.39 is 0 Å². The first-order valence-electron chi connectivity index (χ1n) is 9.58. The number of amides is 1. The van der Waals surface area contributed by atoms with Gasteiger partial charge in [0.25, 0.3) is 0 Å². The molecule has 1 aliphatic heterocycles. The topological polar surface area (TPSA) is 64.8 Å². The Balaban J connectivity index is 1.75. The average Bonchev–Trinajstić information content (AvgIpc) is 2.61. The minimum atomic E-state index is 0.0966. The molecule has 1 fully saturated rings. The van der Waals surface area contributed by atoms with Crippen LogP contribution < -0.4 is 15.2 Å². The number of benzene rings is 1. The molecule has 5 nitrogen and oxygen atoms in total. The van der Waals surface area contributed by atoms with E-state index in [1.165, 1.54) is 11.1 Å². The van der Waals surface area contributed by atoms with Crippen LogP contribution in [-0.4, -0.2) is 36.6 Å². The van der Waals surface area contributed by atoms with Crippen LogP contribution in [0.25, 0.3) is 0 Å². The van der Waals surface area contributed by atoms with E-state index in [2.05, 4.69) is 12.1 Å². The van der Waals surface area contributed by atoms with Gasteiger partial charge in [-0.3, -0.25) is 4.79 Å². The third-order valence-corrected chi connectivity index (χ3v) is 5.25. The van der Waals surface area contributed by atoms with E-state index in [-0.39, 0.29) is 17.9 Å². The van der Waals surface area contributed by atoms with Crippen molar-refractivity contribution in [2.75, 3.05) is 19.8 Å². The van der Waals surface area contributed by atoms with Crippen molar-refractivity contribution in [1.29, 1.82) is 0 Å². The van der Waals surface area contributed by atoms with Gasteiger partial charge in [0.1, 0.15) is 0 Å². The van der Waals surface area contributed by atoms with Crippen LogP contribution in [0.4, 0.5) is 0 Å². The third kappa shape index (κ3) is 4.09. The lowest BCUT2D eigenvalue weighted by Crippen LogP contribution is -2.42. The molecular formula is C20H30N2O3. The third-order valence-electron chi connectivity index (χ3n) is 5.25. The molecule has 0 spiro atoms. The first kappa shape index (κ1) is 18.1. The van der Waals surface area contributed by atoms with Crippen LogP contribution in [0.15, 0.2) is 12.1 Å². The molecule has 0 bridgehead atoms. The zero-order valence-electron chi connectivity index (χ0n) is 15.4. The van der Waals surface area contributed by atoms with Gasteiger partial charge in [-0.25, -0.2) is 0 Å². The van der Waals surface area contributed by atoms with Crippen molar-refractivity contribution in [2.45, 2.75) is 58.5 Å². The summed E-state index contributed by atoms with van der Waals surface area (Å²) in [6.07, 6.45) is 4.78. The Labute approximate surface area is 150 Å². The zero-order chi connectivity index (χ0) is 17.8. The molecule has 138 valence electrons. The minimum Gasteiger partial charge on any atom is -0.490 e. The summed E-state index contributed by atoms with van der Waals surface area (Å²) in [6, 6.07) is 4.32. The second kappa shape index (κ2) is 8.09. The summed E-state index contributed by atoms with van der Waals surface area (Å²) in [5.74, 6) is 1.95. The average molecular weight is 346 g/mol. The number of carbonyl (C=O) groups is 1. The lowest BCUT2D eigenvalue weighted by molar-refractivity contribution is -0.137. The number of rotatable bonds is 5. The molecule has 3 rings (SSSR count). The number of nitrogens with zero attached hydrogens (tertiary/aromatic N) is 1. The van der Waals surface area contributed by atoms with Gasteiger partial charge in [-0.15, -0.1) is 0 Å². The lowest BCUT2D eigenvalue weighted by Gasteiger charge is -2.34. The summed E-state index contributed by atoms with van der Waals surface area (Å²) in [6.45, 7) is 6.60. The number of hydrogen-bond donors (Lipinski definition) is 1. The Morgan fingerprint density at radius 1 is 1.16 bits per heavy atom. The fourth-order valence-corrected chi connectivity index (χ4v) is 4.00. The van der Waals surface area contributed by atoms with Crippen molar-refractivity contribution in [1.82, 2.24) is 4.90 Å². The van der Waals surface area contributed by atoms with E-state index >= 15 is 0 Å². The summed E-state index contributed by atoms with van der Waals surface area (Å²) >= 11 is 0. The molecule has 2 N–H and O–H groups in total. The second-order valence-electron chi connectivity index (χ2n) is 7.07. The van der Waals surface area contributed by atoms with Gasteiger partial charge < -0.3 is 20.1 Å². The van der Waals surface area contributed by atoms with Crippen LogP contribution in [-0.2, 0) is 17.8 Å². The summed E-state index contributed by atoms with van der Waals surface area (Å²) < 4.78 is 11.5. The van der Waals surface area contributed by atoms with Gasteiger partial charge >= 0.3 is 0 Å². The Morgan fingerprint density at radius 2 is 1.84 bits per heavy atom. The van der Waals surface area contributed by atoms with Crippen LogP contribution in [0.1, 0.15) is 50.7 Å². The second-order valence-corrected chi connectivity index (χ2v) is 7.07. The largest absolute Gasteiger partial charge is 0.490 e. The van der Waals surface area contributed by atoms with Crippen molar-refractivity contribution in [3.63, 3.8) is 0 Å². The van der Waals surface area contributed by atoms with Crippen molar-refractivity contribution in [2.24, 2.45) is 11.7 Å². The molecule has 1 aromatic carbocycles. The van der Waals surface area contributed by atoms with Crippen molar-refractivity contribution >= 4 is 5.91 Å². The highest BCUT2D eigenvalue weighted by Crippen LogP contribution is 2.35. The monoisotopic (exact) mass is 346 g/mol. The number of ether oxygens (including phenoxy) is 2. The van der Waals surface area contributed by atoms with E-state index in [4.69, 9.17) is 15.2 Å². The van der Waals surface area contributed by atoms with Gasteiger partial charge in [0.05, 0.1) is 13.2 Å². The smallest absolute Gasteiger partial charge is 0.226 e. The van der Waals surface area contributed by atoms with Gasteiger partial charge in [0.2, 0.25) is 5.91 Å². The Kier molecular flexibility index (Phi) is 5.84. The molecule has 0 saturated heterocycles. The Morgan fingerprint density at radius 3 is 2.48 bits per heavy atom. The fraction of sp³-hybridized carbons (Fsp3) is 0.650. The first-order valence-corrected chi connectivity index (χ1v) is 9.58. The molecule has 1 aliphatic carbocycles. The predicted octanol–water partition coefficient (Wildman–Crippen LogP) is 2.89. The van der Waals surface area contributed by atoms with Gasteiger partial charge in [-0.2, -0.15) is 0 Å². The van der Waals surface area contributed by atoms with Gasteiger partial charge in [0, 0.05) is 25.0 Å². The molecule has 25 heavy (non-hydrogen) atoms. The highest BCUT2D eigenvalue weighted by molar-refractivity contribution is 5.79. The Hall–Kier alpha value is -1.75. The quantitative estimate of drug-likeness (QED) is 0.890. The van der Waals surface area contributed by atoms with Crippen molar-refractivity contribution in [3.05, 3.63) is 23.3 Å². The van der Waals surface area contributed by atoms with Crippen LogP contribution in [0.2, 0.25) is 0 Å². The molecule has 0 radical (unpaired) electrons. The van der Waals surface area contributed by atoms with E-state index in [1.807, 2.05) is 18.7 Å². The van der Waals surface area contributed by atoms with E-state index in [0.717, 1.165) is 50.1 Å². The molecular weight excluding hydrogens is 316 g/mol. The maximum atomic E-state index is 12.9. The van der Waals surface area contributed by atoms with Gasteiger partial charge in [-0.1, -0.05) is 6.42 Å². The van der Waals surface area contributed by atoms with Crippen LogP contribution in [0, 0.1) is 5.92 Å². The van der Waals surface area contributed by atoms with Gasteiger partial charge in [0.15, 0.2) is 11.5 Å². The SMILES string of the molecule is CCOc1cc2c(cc1OCC)CN(C(=O)C1CCCC(N)C1)CC2. The molecule has 0 aromatic heterocycles. The van der Waals surface area contributed by atoms with Crippen molar-refractivity contribution in [3.8, 4) is 11.5 Å². The van der Waals surface area contributed by atoms with Crippen molar-refractivity contribution < 1.29 is 14.3 Å². The number of carbonyl (C=O) groups excluding carboxylic acids is 1.